The lowest BCUT2D eigenvalue weighted by atomic mass is 10.3. The first kappa shape index (κ1) is 13.0. The summed E-state index contributed by atoms with van der Waals surface area (Å²) in [4.78, 5) is 18.1. The Morgan fingerprint density at radius 3 is 2.95 bits per heavy atom. The van der Waals surface area contributed by atoms with Crippen molar-refractivity contribution in [2.75, 3.05) is 6.61 Å². The van der Waals surface area contributed by atoms with E-state index >= 15 is 0 Å². The molecule has 0 aliphatic heterocycles. The number of hydrogen-bond donors (Lipinski definition) is 2. The Labute approximate surface area is 107 Å². The van der Waals surface area contributed by atoms with Crippen molar-refractivity contribution in [2.24, 2.45) is 0 Å². The van der Waals surface area contributed by atoms with E-state index in [4.69, 9.17) is 4.74 Å². The fourth-order valence-electron chi connectivity index (χ4n) is 1.36. The Morgan fingerprint density at radius 1 is 1.42 bits per heavy atom. The number of carbonyl (C=O) groups excluding carboxylic acids is 1. The van der Waals surface area contributed by atoms with Gasteiger partial charge in [-0.15, -0.1) is 0 Å². The number of nitrogens with zero attached hydrogens (tertiary/aromatic N) is 1. The number of aromatic amines is 1. The number of benzene rings is 1. The van der Waals surface area contributed by atoms with Crippen LogP contribution >= 0.6 is 0 Å². The normalized spacial score (nSPS) is 10.2. The number of ether oxygens (including phenoxy) is 1. The zero-order chi connectivity index (χ0) is 13.7. The van der Waals surface area contributed by atoms with Gasteiger partial charge in [-0.25, -0.2) is 13.8 Å². The molecule has 1 aromatic heterocycles. The van der Waals surface area contributed by atoms with Gasteiger partial charge in [0.2, 0.25) is 0 Å². The molecule has 1 aromatic carbocycles. The van der Waals surface area contributed by atoms with Crippen molar-refractivity contribution in [1.29, 1.82) is 0 Å². The Hall–Kier alpha value is -2.44. The first-order valence-corrected chi connectivity index (χ1v) is 5.48. The standard InChI is InChI=1S/C12H11F2N3O2/c13-8-1-2-10(9(14)5-8)19-7-12(18)17-6-11-15-3-4-16-11/h1-5H,6-7H2,(H,15,16)(H,17,18). The predicted octanol–water partition coefficient (Wildman–Crippen LogP) is 1.38. The average Bonchev–Trinajstić information content (AvgIpc) is 2.88. The lowest BCUT2D eigenvalue weighted by Gasteiger charge is -2.07. The van der Waals surface area contributed by atoms with Crippen LogP contribution in [0.4, 0.5) is 8.78 Å². The number of hydrogen-bond acceptors (Lipinski definition) is 3. The first-order chi connectivity index (χ1) is 9.15. The van der Waals surface area contributed by atoms with Gasteiger partial charge in [0.15, 0.2) is 18.2 Å². The third-order valence-electron chi connectivity index (χ3n) is 2.26. The van der Waals surface area contributed by atoms with E-state index in [1.165, 1.54) is 0 Å². The fraction of sp³-hybridized carbons (Fsp3) is 0.167. The Morgan fingerprint density at radius 2 is 2.26 bits per heavy atom. The molecule has 2 rings (SSSR count). The summed E-state index contributed by atoms with van der Waals surface area (Å²) < 4.78 is 30.8. The molecular formula is C12H11F2N3O2. The number of H-pyrrole nitrogens is 1. The quantitative estimate of drug-likeness (QED) is 0.860. The Balaban J connectivity index is 1.80. The highest BCUT2D eigenvalue weighted by Gasteiger charge is 2.08. The fourth-order valence-corrected chi connectivity index (χ4v) is 1.36. The van der Waals surface area contributed by atoms with Gasteiger partial charge in [-0.3, -0.25) is 4.79 Å². The molecule has 5 nitrogen and oxygen atoms in total. The van der Waals surface area contributed by atoms with Gasteiger partial charge in [0.05, 0.1) is 6.54 Å². The van der Waals surface area contributed by atoms with Gasteiger partial charge in [-0.2, -0.15) is 0 Å². The smallest absolute Gasteiger partial charge is 0.258 e. The number of amides is 1. The van der Waals surface area contributed by atoms with Crippen molar-refractivity contribution in [3.63, 3.8) is 0 Å². The van der Waals surface area contributed by atoms with Crippen LogP contribution in [-0.4, -0.2) is 22.5 Å². The molecule has 7 heteroatoms. The van der Waals surface area contributed by atoms with E-state index in [1.54, 1.807) is 12.4 Å². The van der Waals surface area contributed by atoms with Gasteiger partial charge in [0.1, 0.15) is 11.6 Å². The second kappa shape index (κ2) is 5.94. The monoisotopic (exact) mass is 267 g/mol. The van der Waals surface area contributed by atoms with Crippen molar-refractivity contribution in [3.05, 3.63) is 48.1 Å². The van der Waals surface area contributed by atoms with Crippen molar-refractivity contribution in [2.45, 2.75) is 6.54 Å². The van der Waals surface area contributed by atoms with Crippen LogP contribution in [0.5, 0.6) is 5.75 Å². The molecule has 0 bridgehead atoms. The van der Waals surface area contributed by atoms with Gasteiger partial charge < -0.3 is 15.0 Å². The third-order valence-corrected chi connectivity index (χ3v) is 2.26. The number of nitrogens with one attached hydrogen (secondary N) is 2. The minimum atomic E-state index is -0.848. The predicted molar refractivity (Wildman–Crippen MR) is 62.3 cm³/mol. The van der Waals surface area contributed by atoms with Gasteiger partial charge in [0.25, 0.3) is 5.91 Å². The summed E-state index contributed by atoms with van der Waals surface area (Å²) in [5, 5.41) is 2.53. The van der Waals surface area contributed by atoms with Crippen LogP contribution in [0, 0.1) is 11.6 Å². The van der Waals surface area contributed by atoms with Crippen LogP contribution in [0.25, 0.3) is 0 Å². The summed E-state index contributed by atoms with van der Waals surface area (Å²) in [6.45, 7) is -0.135. The lowest BCUT2D eigenvalue weighted by molar-refractivity contribution is -0.123. The van der Waals surface area contributed by atoms with Crippen LogP contribution < -0.4 is 10.1 Å². The summed E-state index contributed by atoms with van der Waals surface area (Å²) in [6.07, 6.45) is 3.19. The van der Waals surface area contributed by atoms with Crippen molar-refractivity contribution in [1.82, 2.24) is 15.3 Å². The maximum absolute atomic E-state index is 13.2. The lowest BCUT2D eigenvalue weighted by Crippen LogP contribution is -2.28. The highest BCUT2D eigenvalue weighted by atomic mass is 19.1. The summed E-state index contributed by atoms with van der Waals surface area (Å²) in [6, 6.07) is 2.87. The van der Waals surface area contributed by atoms with Crippen LogP contribution in [0.15, 0.2) is 30.6 Å². The molecule has 2 N–H and O–H groups in total. The SMILES string of the molecule is O=C(COc1ccc(F)cc1F)NCc1ncc[nH]1. The maximum atomic E-state index is 13.2. The molecule has 0 atom stereocenters. The maximum Gasteiger partial charge on any atom is 0.258 e. The van der Waals surface area contributed by atoms with Crippen molar-refractivity contribution < 1.29 is 18.3 Å². The number of halogens is 2. The highest BCUT2D eigenvalue weighted by molar-refractivity contribution is 5.77. The van der Waals surface area contributed by atoms with E-state index in [9.17, 15) is 13.6 Å². The number of rotatable bonds is 5. The molecule has 1 heterocycles. The zero-order valence-corrected chi connectivity index (χ0v) is 9.82. The Kier molecular flexibility index (Phi) is 4.07. The molecule has 0 aliphatic carbocycles. The van der Waals surface area contributed by atoms with E-state index in [0.717, 1.165) is 12.1 Å². The molecule has 1 amide bonds. The van der Waals surface area contributed by atoms with E-state index < -0.39 is 17.5 Å². The van der Waals surface area contributed by atoms with E-state index in [1.807, 2.05) is 0 Å². The minimum absolute atomic E-state index is 0.172. The molecule has 0 saturated carbocycles. The second-order valence-electron chi connectivity index (χ2n) is 3.68. The molecule has 2 aromatic rings. The summed E-state index contributed by atoms with van der Waals surface area (Å²) in [5.74, 6) is -1.55. The summed E-state index contributed by atoms with van der Waals surface area (Å²) >= 11 is 0. The van der Waals surface area contributed by atoms with Crippen LogP contribution in [0.2, 0.25) is 0 Å². The van der Waals surface area contributed by atoms with Gasteiger partial charge in [-0.1, -0.05) is 0 Å². The van der Waals surface area contributed by atoms with E-state index in [2.05, 4.69) is 15.3 Å². The molecule has 19 heavy (non-hydrogen) atoms. The molecule has 100 valence electrons. The molecule has 0 radical (unpaired) electrons. The summed E-state index contributed by atoms with van der Waals surface area (Å²) in [5.41, 5.74) is 0. The molecule has 0 spiro atoms. The van der Waals surface area contributed by atoms with E-state index in [-0.39, 0.29) is 18.9 Å². The molecule has 0 aliphatic rings. The van der Waals surface area contributed by atoms with Gasteiger partial charge in [0, 0.05) is 18.5 Å². The number of aromatic nitrogens is 2. The molecule has 0 unspecified atom stereocenters. The first-order valence-electron chi connectivity index (χ1n) is 5.48. The van der Waals surface area contributed by atoms with E-state index in [0.29, 0.717) is 11.9 Å². The minimum Gasteiger partial charge on any atom is -0.481 e. The topological polar surface area (TPSA) is 67.0 Å². The highest BCUT2D eigenvalue weighted by Crippen LogP contribution is 2.17. The third kappa shape index (κ3) is 3.77. The molecule has 0 saturated heterocycles. The number of carbonyl (C=O) groups is 1. The average molecular weight is 267 g/mol. The van der Waals surface area contributed by atoms with Gasteiger partial charge in [-0.05, 0) is 12.1 Å². The van der Waals surface area contributed by atoms with Gasteiger partial charge >= 0.3 is 0 Å². The largest absolute Gasteiger partial charge is 0.481 e. The van der Waals surface area contributed by atoms with Crippen LogP contribution in [0.1, 0.15) is 5.82 Å². The zero-order valence-electron chi connectivity index (χ0n) is 9.82. The summed E-state index contributed by atoms with van der Waals surface area (Å²) in [7, 11) is 0. The van der Waals surface area contributed by atoms with Crippen molar-refractivity contribution >= 4 is 5.91 Å². The van der Waals surface area contributed by atoms with Crippen LogP contribution in [0.3, 0.4) is 0 Å². The van der Waals surface area contributed by atoms with Crippen LogP contribution in [-0.2, 0) is 11.3 Å². The Bertz CT molecular complexity index is 558. The second-order valence-corrected chi connectivity index (χ2v) is 3.68. The molecule has 0 fully saturated rings. The molecular weight excluding hydrogens is 256 g/mol. The van der Waals surface area contributed by atoms with Crippen molar-refractivity contribution in [3.8, 4) is 5.75 Å². The number of imidazole rings is 1.